The zero-order valence-corrected chi connectivity index (χ0v) is 12.5. The molecule has 0 saturated heterocycles. The molecule has 1 aliphatic rings. The average Bonchev–Trinajstić information content (AvgIpc) is 2.47. The summed E-state index contributed by atoms with van der Waals surface area (Å²) in [5.74, 6) is 0. The number of methoxy groups -OCH3 is 1. The van der Waals surface area contributed by atoms with Crippen molar-refractivity contribution in [3.05, 3.63) is 30.3 Å². The summed E-state index contributed by atoms with van der Waals surface area (Å²) in [6.07, 6.45) is 4.06. The summed E-state index contributed by atoms with van der Waals surface area (Å²) in [6, 6.07) is 10.4. The van der Waals surface area contributed by atoms with Crippen molar-refractivity contribution in [2.45, 2.75) is 36.5 Å². The third kappa shape index (κ3) is 4.16. The zero-order chi connectivity index (χ0) is 13.5. The van der Waals surface area contributed by atoms with Crippen molar-refractivity contribution in [2.24, 2.45) is 0 Å². The first-order valence-electron chi connectivity index (χ1n) is 6.87. The Morgan fingerprint density at radius 2 is 2.16 bits per heavy atom. The topological polar surface area (TPSA) is 21.5 Å². The second-order valence-corrected chi connectivity index (χ2v) is 5.81. The lowest BCUT2D eigenvalue weighted by Crippen LogP contribution is -2.36. The molecule has 4 heteroatoms. The Balaban J connectivity index is 1.95. The van der Waals surface area contributed by atoms with E-state index in [1.165, 1.54) is 17.7 Å². The molecule has 0 amide bonds. The lowest BCUT2D eigenvalue weighted by Gasteiger charge is -2.21. The maximum atomic E-state index is 5.93. The van der Waals surface area contributed by atoms with E-state index in [-0.39, 0.29) is 5.44 Å². The van der Waals surface area contributed by atoms with Crippen LogP contribution in [0.3, 0.4) is 0 Å². The number of ether oxygens (including phenoxy) is 2. The Morgan fingerprint density at radius 1 is 1.37 bits per heavy atom. The van der Waals surface area contributed by atoms with Crippen LogP contribution in [-0.2, 0) is 9.47 Å². The van der Waals surface area contributed by atoms with Crippen molar-refractivity contribution in [3.63, 3.8) is 0 Å². The van der Waals surface area contributed by atoms with Gasteiger partial charge in [0.05, 0.1) is 13.5 Å². The Kier molecular flexibility index (Phi) is 5.58. The number of thioether (sulfide) groups is 1. The molecular weight excluding hydrogens is 258 g/mol. The highest BCUT2D eigenvalue weighted by atomic mass is 32.2. The van der Waals surface area contributed by atoms with E-state index in [0.29, 0.717) is 6.08 Å². The van der Waals surface area contributed by atoms with Crippen LogP contribution < -0.4 is 0 Å². The predicted molar refractivity (Wildman–Crippen MR) is 78.7 cm³/mol. The molecule has 0 aromatic heterocycles. The van der Waals surface area contributed by atoms with Gasteiger partial charge in [0.2, 0.25) is 0 Å². The fourth-order valence-electron chi connectivity index (χ4n) is 2.06. The van der Waals surface area contributed by atoms with Crippen LogP contribution in [0.2, 0.25) is 0 Å². The number of benzene rings is 1. The maximum Gasteiger partial charge on any atom is 0.550 e. The molecule has 19 heavy (non-hydrogen) atoms. The normalized spacial score (nSPS) is 19.2. The molecule has 0 radical (unpaired) electrons. The largest absolute Gasteiger partial charge is 0.550 e. The molecule has 1 heterocycles. The molecule has 104 valence electrons. The molecular formula is C15H22NO2S+. The van der Waals surface area contributed by atoms with Gasteiger partial charge < -0.3 is 9.47 Å². The summed E-state index contributed by atoms with van der Waals surface area (Å²) in [5, 5.41) is 0. The van der Waals surface area contributed by atoms with Crippen molar-refractivity contribution < 1.29 is 14.0 Å². The first-order chi connectivity index (χ1) is 9.33. The smallest absolute Gasteiger partial charge is 0.418 e. The first kappa shape index (κ1) is 14.3. The van der Waals surface area contributed by atoms with E-state index in [1.54, 1.807) is 18.9 Å². The summed E-state index contributed by atoms with van der Waals surface area (Å²) < 4.78 is 13.5. The van der Waals surface area contributed by atoms with Crippen molar-refractivity contribution in [1.29, 1.82) is 0 Å². The fourth-order valence-corrected chi connectivity index (χ4v) is 3.03. The van der Waals surface area contributed by atoms with Gasteiger partial charge in [-0.2, -0.15) is 4.58 Å². The van der Waals surface area contributed by atoms with Gasteiger partial charge in [-0.1, -0.05) is 43.3 Å². The molecule has 0 spiro atoms. The van der Waals surface area contributed by atoms with Crippen molar-refractivity contribution in [1.82, 2.24) is 0 Å². The Hall–Kier alpha value is -1.16. The Bertz CT molecular complexity index is 419. The predicted octanol–water partition coefficient (Wildman–Crippen LogP) is 3.34. The molecule has 2 rings (SSSR count). The number of unbranched alkanes of at least 4 members (excludes halogenated alkanes) is 1. The van der Waals surface area contributed by atoms with Gasteiger partial charge in [0, 0.05) is 11.3 Å². The van der Waals surface area contributed by atoms with Gasteiger partial charge in [-0.15, -0.1) is 0 Å². The lowest BCUT2D eigenvalue weighted by atomic mass is 10.3. The van der Waals surface area contributed by atoms with Gasteiger partial charge in [0.15, 0.2) is 12.0 Å². The van der Waals surface area contributed by atoms with E-state index >= 15 is 0 Å². The highest BCUT2D eigenvalue weighted by molar-refractivity contribution is 7.99. The standard InChI is InChI=1S/C15H22NO2S/c1-3-4-11-16-12-10-14(18-15(16)17-2)19-13-8-6-5-7-9-13/h5-9,14H,3-4,10-12H2,1-2H3/q+1. The van der Waals surface area contributed by atoms with Crippen LogP contribution in [0.25, 0.3) is 0 Å². The van der Waals surface area contributed by atoms with Crippen LogP contribution in [0.15, 0.2) is 35.2 Å². The van der Waals surface area contributed by atoms with Gasteiger partial charge >= 0.3 is 6.08 Å². The van der Waals surface area contributed by atoms with Crippen molar-refractivity contribution in [3.8, 4) is 0 Å². The van der Waals surface area contributed by atoms with Gasteiger partial charge in [-0.3, -0.25) is 0 Å². The van der Waals surface area contributed by atoms with E-state index in [1.807, 2.05) is 6.07 Å². The summed E-state index contributed by atoms with van der Waals surface area (Å²) in [4.78, 5) is 1.24. The first-order valence-corrected chi connectivity index (χ1v) is 7.75. The molecule has 1 atom stereocenters. The number of hydrogen-bond acceptors (Lipinski definition) is 3. The summed E-state index contributed by atoms with van der Waals surface area (Å²) >= 11 is 1.76. The van der Waals surface area contributed by atoms with Crippen LogP contribution in [0.1, 0.15) is 26.2 Å². The number of nitrogens with zero attached hydrogens (tertiary/aromatic N) is 1. The van der Waals surface area contributed by atoms with Gasteiger partial charge in [0.25, 0.3) is 0 Å². The molecule has 1 unspecified atom stereocenters. The summed E-state index contributed by atoms with van der Waals surface area (Å²) in [5.41, 5.74) is 0.148. The van der Waals surface area contributed by atoms with Crippen LogP contribution in [-0.4, -0.2) is 36.3 Å². The van der Waals surface area contributed by atoms with E-state index < -0.39 is 0 Å². The van der Waals surface area contributed by atoms with Crippen LogP contribution in [0.5, 0.6) is 0 Å². The van der Waals surface area contributed by atoms with Crippen LogP contribution >= 0.6 is 11.8 Å². The van der Waals surface area contributed by atoms with Gasteiger partial charge in [0.1, 0.15) is 6.54 Å². The monoisotopic (exact) mass is 280 g/mol. The number of rotatable bonds is 5. The van der Waals surface area contributed by atoms with Crippen LogP contribution in [0, 0.1) is 0 Å². The third-order valence-corrected chi connectivity index (χ3v) is 4.23. The highest BCUT2D eigenvalue weighted by Gasteiger charge is 2.29. The zero-order valence-electron chi connectivity index (χ0n) is 11.7. The Labute approximate surface area is 119 Å². The summed E-state index contributed by atoms with van der Waals surface area (Å²) in [6.45, 7) is 4.22. The molecule has 0 bridgehead atoms. The number of hydrogen-bond donors (Lipinski definition) is 0. The van der Waals surface area contributed by atoms with Crippen LogP contribution in [0.4, 0.5) is 0 Å². The van der Waals surface area contributed by atoms with Gasteiger partial charge in [-0.25, -0.2) is 0 Å². The lowest BCUT2D eigenvalue weighted by molar-refractivity contribution is -0.555. The minimum absolute atomic E-state index is 0.148. The van der Waals surface area contributed by atoms with E-state index in [0.717, 1.165) is 19.5 Å². The molecule has 0 aliphatic carbocycles. The second-order valence-electron chi connectivity index (χ2n) is 4.58. The summed E-state index contributed by atoms with van der Waals surface area (Å²) in [7, 11) is 1.68. The van der Waals surface area contributed by atoms with Gasteiger partial charge in [-0.05, 0) is 12.1 Å². The highest BCUT2D eigenvalue weighted by Crippen LogP contribution is 2.28. The third-order valence-electron chi connectivity index (χ3n) is 3.09. The fraction of sp³-hybridized carbons (Fsp3) is 0.533. The molecule has 0 fully saturated rings. The Morgan fingerprint density at radius 3 is 2.84 bits per heavy atom. The second kappa shape index (κ2) is 7.43. The minimum Gasteiger partial charge on any atom is -0.418 e. The molecule has 0 saturated carbocycles. The van der Waals surface area contributed by atoms with E-state index in [2.05, 4.69) is 35.8 Å². The van der Waals surface area contributed by atoms with Crippen molar-refractivity contribution in [2.75, 3.05) is 20.2 Å². The van der Waals surface area contributed by atoms with E-state index in [4.69, 9.17) is 9.47 Å². The molecule has 3 nitrogen and oxygen atoms in total. The SMILES string of the molecule is CCCC[N+]1=C(OC)OC(Sc2ccccc2)CC1. The molecule has 1 aliphatic heterocycles. The quantitative estimate of drug-likeness (QED) is 0.772. The molecule has 1 aromatic carbocycles. The van der Waals surface area contributed by atoms with Crippen molar-refractivity contribution >= 4 is 17.8 Å². The minimum atomic E-state index is 0.148. The maximum absolute atomic E-state index is 5.93. The van der Waals surface area contributed by atoms with E-state index in [9.17, 15) is 0 Å². The molecule has 0 N–H and O–H groups in total. The average molecular weight is 280 g/mol. The molecule has 1 aromatic rings.